The Morgan fingerprint density at radius 3 is 1.24 bits per heavy atom. The zero-order chi connectivity index (χ0) is 39.6. The second-order valence-corrected chi connectivity index (χ2v) is 16.2. The van der Waals surface area contributed by atoms with E-state index in [1.165, 1.54) is 128 Å². The van der Waals surface area contributed by atoms with Gasteiger partial charge in [0.25, 0.3) is 0 Å². The molecule has 0 aliphatic heterocycles. The van der Waals surface area contributed by atoms with Gasteiger partial charge in [-0.1, -0.05) is 172 Å². The van der Waals surface area contributed by atoms with E-state index in [0.29, 0.717) is 12.8 Å². The number of ether oxygens (including phenoxy) is 2. The molecule has 316 valence electrons. The summed E-state index contributed by atoms with van der Waals surface area (Å²) in [6.07, 6.45) is 48.9. The number of phosphoric acid groups is 1. The monoisotopic (exact) mass is 783 g/mol. The summed E-state index contributed by atoms with van der Waals surface area (Å²) < 4.78 is 26.3. The first kappa shape index (κ1) is 52.3. The highest BCUT2D eigenvalue weighted by atomic mass is 31.2. The number of esters is 2. The lowest BCUT2D eigenvalue weighted by atomic mass is 10.0. The van der Waals surface area contributed by atoms with E-state index in [4.69, 9.17) is 19.3 Å². The Labute approximate surface area is 332 Å². The Morgan fingerprint density at radius 2 is 0.815 bits per heavy atom. The summed E-state index contributed by atoms with van der Waals surface area (Å²) in [7, 11) is -4.76. The summed E-state index contributed by atoms with van der Waals surface area (Å²) in [5.74, 6) is -0.949. The highest BCUT2D eigenvalue weighted by Gasteiger charge is 2.22. The van der Waals surface area contributed by atoms with E-state index >= 15 is 0 Å². The maximum absolute atomic E-state index is 12.4. The fourth-order valence-corrected chi connectivity index (χ4v) is 6.63. The predicted molar refractivity (Wildman–Crippen MR) is 225 cm³/mol. The first-order valence-electron chi connectivity index (χ1n) is 22.3. The molecule has 0 rings (SSSR count). The Hall–Kier alpha value is -1.73. The fraction of sp³-hybridized carbons (Fsp3) is 0.822. The number of rotatable bonds is 41. The molecule has 0 fully saturated rings. The minimum absolute atomic E-state index is 0.184. The zero-order valence-corrected chi connectivity index (χ0v) is 35.8. The fourth-order valence-electron chi connectivity index (χ4n) is 6.27. The molecule has 0 aromatic heterocycles. The van der Waals surface area contributed by atoms with E-state index in [9.17, 15) is 14.2 Å². The van der Waals surface area contributed by atoms with Gasteiger partial charge < -0.3 is 19.3 Å². The quantitative estimate of drug-likeness (QED) is 0.0272. The number of hydrogen-bond acceptors (Lipinski definition) is 6. The molecule has 0 heterocycles. The molecule has 8 nitrogen and oxygen atoms in total. The number of carbonyl (C=O) groups excluding carboxylic acids is 2. The van der Waals surface area contributed by atoms with Crippen LogP contribution in [0, 0.1) is 0 Å². The van der Waals surface area contributed by atoms with Gasteiger partial charge in [-0.15, -0.1) is 0 Å². The van der Waals surface area contributed by atoms with Crippen molar-refractivity contribution in [3.8, 4) is 0 Å². The summed E-state index contributed by atoms with van der Waals surface area (Å²) in [4.78, 5) is 42.8. The first-order valence-corrected chi connectivity index (χ1v) is 23.8. The van der Waals surface area contributed by atoms with Crippen LogP contribution < -0.4 is 0 Å². The Morgan fingerprint density at radius 1 is 0.463 bits per heavy atom. The third-order valence-corrected chi connectivity index (χ3v) is 10.1. The van der Waals surface area contributed by atoms with E-state index in [2.05, 4.69) is 54.8 Å². The predicted octanol–water partition coefficient (Wildman–Crippen LogP) is 13.7. The number of phosphoric ester groups is 1. The third kappa shape index (κ3) is 43.0. The van der Waals surface area contributed by atoms with Crippen LogP contribution in [-0.2, 0) is 28.2 Å². The van der Waals surface area contributed by atoms with Crippen LogP contribution in [0.25, 0.3) is 0 Å². The summed E-state index contributed by atoms with van der Waals surface area (Å²) in [6.45, 7) is 3.65. The number of carbonyl (C=O) groups is 2. The molecule has 0 unspecified atom stereocenters. The molecule has 0 amide bonds. The first-order chi connectivity index (χ1) is 26.3. The van der Waals surface area contributed by atoms with Gasteiger partial charge in [0.2, 0.25) is 0 Å². The molecule has 0 saturated heterocycles. The molecule has 0 bridgehead atoms. The van der Waals surface area contributed by atoms with Crippen LogP contribution in [0.1, 0.15) is 219 Å². The second kappa shape index (κ2) is 40.9. The van der Waals surface area contributed by atoms with E-state index in [1.807, 2.05) is 0 Å². The SMILES string of the molecule is CCCCCCCC/C=C/CCCCCC(=O)O[C@H](COC(=O)CCC/C=C/CC/C=C/CCCCCCCCCCCCCCCC)COP(=O)(O)O. The van der Waals surface area contributed by atoms with E-state index in [-0.39, 0.29) is 19.4 Å². The smallest absolute Gasteiger partial charge is 0.462 e. The van der Waals surface area contributed by atoms with Crippen molar-refractivity contribution in [2.24, 2.45) is 0 Å². The minimum atomic E-state index is -4.76. The van der Waals surface area contributed by atoms with Crippen molar-refractivity contribution in [1.29, 1.82) is 0 Å². The van der Waals surface area contributed by atoms with Crippen molar-refractivity contribution in [3.63, 3.8) is 0 Å². The minimum Gasteiger partial charge on any atom is -0.462 e. The van der Waals surface area contributed by atoms with Gasteiger partial charge in [0.15, 0.2) is 6.10 Å². The van der Waals surface area contributed by atoms with Crippen LogP contribution >= 0.6 is 7.82 Å². The molecule has 1 atom stereocenters. The molecule has 0 radical (unpaired) electrons. The van der Waals surface area contributed by atoms with E-state index < -0.39 is 32.5 Å². The van der Waals surface area contributed by atoms with Crippen LogP contribution in [0.3, 0.4) is 0 Å². The van der Waals surface area contributed by atoms with Crippen LogP contribution in [0.5, 0.6) is 0 Å². The average molecular weight is 783 g/mol. The standard InChI is InChI=1S/C45H83O8P/c1-3-5-7-9-11-13-15-17-18-19-20-21-22-23-24-25-26-28-29-31-33-35-37-39-44(46)51-41-43(42-52-54(48,49)50)53-45(47)40-38-36-34-32-30-27-16-14-12-10-8-6-4-2/h25-27,30-31,33,43H,3-24,28-29,32,34-42H2,1-2H3,(H2,48,49,50)/b26-25+,30-27+,33-31+/t43-/m1/s1. The second-order valence-electron chi connectivity index (χ2n) is 15.0. The van der Waals surface area contributed by atoms with Crippen molar-refractivity contribution in [3.05, 3.63) is 36.5 Å². The Kier molecular flexibility index (Phi) is 39.6. The van der Waals surface area contributed by atoms with Gasteiger partial charge in [0.1, 0.15) is 6.61 Å². The zero-order valence-electron chi connectivity index (χ0n) is 34.9. The summed E-state index contributed by atoms with van der Waals surface area (Å²) in [5.41, 5.74) is 0. The van der Waals surface area contributed by atoms with E-state index in [1.54, 1.807) is 0 Å². The topological polar surface area (TPSA) is 119 Å². The molecule has 2 N–H and O–H groups in total. The molecule has 54 heavy (non-hydrogen) atoms. The van der Waals surface area contributed by atoms with Crippen LogP contribution in [-0.4, -0.2) is 41.0 Å². The Balaban J connectivity index is 3.91. The summed E-state index contributed by atoms with van der Waals surface area (Å²) in [6, 6.07) is 0. The van der Waals surface area contributed by atoms with Crippen molar-refractivity contribution in [2.45, 2.75) is 225 Å². The van der Waals surface area contributed by atoms with Crippen LogP contribution in [0.4, 0.5) is 0 Å². The number of unbranched alkanes of at least 4 members (excludes halogenated alkanes) is 25. The molecule has 0 aliphatic rings. The van der Waals surface area contributed by atoms with Gasteiger partial charge in [-0.2, -0.15) is 0 Å². The third-order valence-electron chi connectivity index (χ3n) is 9.61. The maximum Gasteiger partial charge on any atom is 0.469 e. The largest absolute Gasteiger partial charge is 0.469 e. The molecule has 0 aliphatic carbocycles. The Bertz CT molecular complexity index is 973. The van der Waals surface area contributed by atoms with Crippen molar-refractivity contribution in [1.82, 2.24) is 0 Å². The summed E-state index contributed by atoms with van der Waals surface area (Å²) >= 11 is 0. The highest BCUT2D eigenvalue weighted by molar-refractivity contribution is 7.46. The molecular formula is C45H83O8P. The van der Waals surface area contributed by atoms with Gasteiger partial charge in [-0.25, -0.2) is 4.57 Å². The van der Waals surface area contributed by atoms with Gasteiger partial charge in [-0.05, 0) is 70.6 Å². The summed E-state index contributed by atoms with van der Waals surface area (Å²) in [5, 5.41) is 0. The number of hydrogen-bond donors (Lipinski definition) is 2. The molecular weight excluding hydrogens is 699 g/mol. The van der Waals surface area contributed by atoms with Crippen molar-refractivity contribution in [2.75, 3.05) is 13.2 Å². The lowest BCUT2D eigenvalue weighted by molar-refractivity contribution is -0.161. The average Bonchev–Trinajstić information content (AvgIpc) is 3.14. The van der Waals surface area contributed by atoms with Gasteiger partial charge in [0, 0.05) is 12.8 Å². The number of allylic oxidation sites excluding steroid dienone is 6. The lowest BCUT2D eigenvalue weighted by Crippen LogP contribution is -2.29. The normalized spacial score (nSPS) is 12.7. The van der Waals surface area contributed by atoms with Gasteiger partial charge in [0.05, 0.1) is 6.61 Å². The van der Waals surface area contributed by atoms with Crippen molar-refractivity contribution >= 4 is 19.8 Å². The van der Waals surface area contributed by atoms with Crippen LogP contribution in [0.2, 0.25) is 0 Å². The van der Waals surface area contributed by atoms with Gasteiger partial charge >= 0.3 is 19.8 Å². The molecule has 0 spiro atoms. The van der Waals surface area contributed by atoms with Gasteiger partial charge in [-0.3, -0.25) is 14.1 Å². The molecule has 9 heteroatoms. The lowest BCUT2D eigenvalue weighted by Gasteiger charge is -2.18. The van der Waals surface area contributed by atoms with E-state index in [0.717, 1.165) is 51.4 Å². The molecule has 0 saturated carbocycles. The molecule has 0 aromatic carbocycles. The highest BCUT2D eigenvalue weighted by Crippen LogP contribution is 2.36. The van der Waals surface area contributed by atoms with Crippen molar-refractivity contribution < 1.29 is 37.9 Å². The molecule has 0 aromatic rings. The maximum atomic E-state index is 12.4. The van der Waals surface area contributed by atoms with Crippen LogP contribution in [0.15, 0.2) is 36.5 Å².